The van der Waals surface area contributed by atoms with E-state index >= 15 is 0 Å². The minimum absolute atomic E-state index is 0.281. The van der Waals surface area contributed by atoms with E-state index in [9.17, 15) is 9.59 Å². The molecule has 0 atom stereocenters. The Morgan fingerprint density at radius 2 is 1.73 bits per heavy atom. The molecule has 3 N–H and O–H groups in total. The van der Waals surface area contributed by atoms with Crippen molar-refractivity contribution in [2.45, 2.75) is 26.2 Å². The number of ether oxygens (including phenoxy) is 3. The van der Waals surface area contributed by atoms with Crippen molar-refractivity contribution >= 4 is 28.4 Å². The summed E-state index contributed by atoms with van der Waals surface area (Å²) >= 11 is 0. The number of hydrogen-bond donors (Lipinski definition) is 3. The zero-order chi connectivity index (χ0) is 29.1. The average molecular weight is 556 g/mol. The summed E-state index contributed by atoms with van der Waals surface area (Å²) in [6.07, 6.45) is 2.92. The van der Waals surface area contributed by atoms with E-state index in [2.05, 4.69) is 30.7 Å². The van der Waals surface area contributed by atoms with Crippen molar-refractivity contribution in [3.05, 3.63) is 83.2 Å². The van der Waals surface area contributed by atoms with Crippen LogP contribution in [-0.2, 0) is 5.41 Å². The number of rotatable bonds is 7. The Morgan fingerprint density at radius 1 is 0.951 bits per heavy atom. The third-order valence-electron chi connectivity index (χ3n) is 6.13. The second kappa shape index (κ2) is 11.0. The summed E-state index contributed by atoms with van der Waals surface area (Å²) < 4.78 is 18.4. The van der Waals surface area contributed by atoms with Gasteiger partial charge in [0.25, 0.3) is 0 Å². The predicted molar refractivity (Wildman–Crippen MR) is 155 cm³/mol. The molecule has 5 rings (SSSR count). The Morgan fingerprint density at radius 3 is 2.46 bits per heavy atom. The van der Waals surface area contributed by atoms with E-state index in [1.165, 1.54) is 23.3 Å². The van der Waals surface area contributed by atoms with Gasteiger partial charge in [0.2, 0.25) is 11.4 Å². The number of nitrogens with one attached hydrogen (secondary N) is 3. The number of carbonyl (C=O) groups is 1. The number of fused-ring (bicyclic) bond motifs is 1. The number of hydrogen-bond acceptors (Lipinski definition) is 8. The Hall–Kier alpha value is -5.39. The smallest absolute Gasteiger partial charge is 0.324 e. The van der Waals surface area contributed by atoms with E-state index in [1.54, 1.807) is 62.8 Å². The van der Waals surface area contributed by atoms with E-state index in [-0.39, 0.29) is 11.0 Å². The molecule has 210 valence electrons. The summed E-state index contributed by atoms with van der Waals surface area (Å²) in [4.78, 5) is 36.1. The first-order valence-electron chi connectivity index (χ1n) is 12.7. The molecule has 0 fully saturated rings. The number of anilines is 2. The van der Waals surface area contributed by atoms with Crippen LogP contribution in [-0.4, -0.2) is 45.0 Å². The third kappa shape index (κ3) is 5.96. The summed E-state index contributed by atoms with van der Waals surface area (Å²) in [6.45, 7) is 6.04. The first-order chi connectivity index (χ1) is 19.6. The summed E-state index contributed by atoms with van der Waals surface area (Å²) in [5, 5.41) is 10.9. The van der Waals surface area contributed by atoms with Crippen LogP contribution in [0.1, 0.15) is 26.5 Å². The van der Waals surface area contributed by atoms with Crippen LogP contribution in [0.15, 0.2) is 71.9 Å². The third-order valence-corrected chi connectivity index (χ3v) is 6.13. The van der Waals surface area contributed by atoms with Crippen LogP contribution in [0.25, 0.3) is 16.6 Å². The molecule has 3 heterocycles. The Kier molecular flexibility index (Phi) is 7.30. The number of pyridine rings is 1. The largest absolute Gasteiger partial charge is 0.493 e. The number of benzene rings is 2. The fraction of sp³-hybridized carbons (Fsp3) is 0.207. The number of nitrogens with zero attached hydrogens (tertiary/aromatic N) is 4. The predicted octanol–water partition coefficient (Wildman–Crippen LogP) is 5.25. The summed E-state index contributed by atoms with van der Waals surface area (Å²) in [7, 11) is 3.10. The molecular formula is C29H29N7O5. The quantitative estimate of drug-likeness (QED) is 0.247. The fourth-order valence-corrected chi connectivity index (χ4v) is 4.07. The molecule has 0 unspecified atom stereocenters. The number of carbonyl (C=O) groups excluding carboxylic acids is 1. The van der Waals surface area contributed by atoms with Crippen molar-refractivity contribution in [1.29, 1.82) is 0 Å². The molecule has 2 amide bonds. The molecule has 12 nitrogen and oxygen atoms in total. The first kappa shape index (κ1) is 27.2. The van der Waals surface area contributed by atoms with Gasteiger partial charge in [0.1, 0.15) is 17.9 Å². The summed E-state index contributed by atoms with van der Waals surface area (Å²) in [6, 6.07) is 14.8. The number of aromatic amines is 1. The molecule has 2 aromatic carbocycles. The molecule has 0 aliphatic rings. The van der Waals surface area contributed by atoms with Crippen LogP contribution in [0.2, 0.25) is 0 Å². The van der Waals surface area contributed by atoms with Gasteiger partial charge in [0.05, 0.1) is 36.5 Å². The van der Waals surface area contributed by atoms with Gasteiger partial charge in [-0.3, -0.25) is 10.1 Å². The zero-order valence-electron chi connectivity index (χ0n) is 23.2. The topological polar surface area (TPSA) is 145 Å². The lowest BCUT2D eigenvalue weighted by molar-refractivity contribution is 0.262. The van der Waals surface area contributed by atoms with Crippen molar-refractivity contribution in [3.8, 4) is 28.8 Å². The molecule has 0 bridgehead atoms. The maximum Gasteiger partial charge on any atom is 0.324 e. The van der Waals surface area contributed by atoms with Gasteiger partial charge in [0, 0.05) is 41.6 Å². The molecule has 0 radical (unpaired) electrons. The Labute approximate surface area is 235 Å². The van der Waals surface area contributed by atoms with E-state index in [0.29, 0.717) is 51.2 Å². The lowest BCUT2D eigenvalue weighted by Gasteiger charge is -2.14. The molecule has 0 spiro atoms. The number of amides is 2. The highest BCUT2D eigenvalue weighted by atomic mass is 16.5. The van der Waals surface area contributed by atoms with Gasteiger partial charge in [-0.25, -0.2) is 19.4 Å². The van der Waals surface area contributed by atoms with Gasteiger partial charge in [-0.1, -0.05) is 26.8 Å². The van der Waals surface area contributed by atoms with Crippen molar-refractivity contribution in [1.82, 2.24) is 24.7 Å². The lowest BCUT2D eigenvalue weighted by Crippen LogP contribution is -2.21. The summed E-state index contributed by atoms with van der Waals surface area (Å²) in [5.74, 6) is 2.22. The first-order valence-corrected chi connectivity index (χ1v) is 12.7. The molecule has 41 heavy (non-hydrogen) atoms. The van der Waals surface area contributed by atoms with Crippen molar-refractivity contribution in [3.63, 3.8) is 0 Å². The molecular weight excluding hydrogens is 526 g/mol. The normalized spacial score (nSPS) is 11.2. The van der Waals surface area contributed by atoms with Gasteiger partial charge >= 0.3 is 6.03 Å². The van der Waals surface area contributed by atoms with Crippen LogP contribution >= 0.6 is 0 Å². The number of aromatic nitrogens is 5. The highest BCUT2D eigenvalue weighted by Gasteiger charge is 2.22. The van der Waals surface area contributed by atoms with E-state index in [1.807, 2.05) is 20.8 Å². The van der Waals surface area contributed by atoms with Crippen LogP contribution in [0.4, 0.5) is 16.3 Å². The van der Waals surface area contributed by atoms with Crippen LogP contribution in [0.5, 0.6) is 23.1 Å². The van der Waals surface area contributed by atoms with Gasteiger partial charge in [0.15, 0.2) is 11.5 Å². The fourth-order valence-electron chi connectivity index (χ4n) is 4.07. The second-order valence-electron chi connectivity index (χ2n) is 10.1. The molecule has 0 saturated heterocycles. The van der Waals surface area contributed by atoms with E-state index in [4.69, 9.17) is 14.2 Å². The SMILES string of the molecule is COc1cc2ncnc(Oc3cccc(NC(=O)Nc4cc(C(C)(C)C)nn4-c4cc[nH]c(=O)c4)c3)c2cc1OC. The number of H-pyrrole nitrogens is 1. The van der Waals surface area contributed by atoms with E-state index < -0.39 is 6.03 Å². The number of urea groups is 1. The molecule has 12 heteroatoms. The van der Waals surface area contributed by atoms with Gasteiger partial charge in [-0.2, -0.15) is 5.10 Å². The van der Waals surface area contributed by atoms with Crippen LogP contribution in [0, 0.1) is 0 Å². The van der Waals surface area contributed by atoms with Gasteiger partial charge in [-0.15, -0.1) is 0 Å². The monoisotopic (exact) mass is 555 g/mol. The average Bonchev–Trinajstić information content (AvgIpc) is 3.37. The van der Waals surface area contributed by atoms with Crippen molar-refractivity contribution in [2.24, 2.45) is 0 Å². The molecule has 0 aliphatic carbocycles. The van der Waals surface area contributed by atoms with E-state index in [0.717, 1.165) is 5.69 Å². The minimum atomic E-state index is -0.502. The standard InChI is InChI=1S/C29H29N7O5/c1-29(2,3)24-15-25(36(35-24)18-9-10-30-26(37)12-18)34-28(38)33-17-7-6-8-19(11-17)41-27-20-13-22(39-4)23(40-5)14-21(20)31-16-32-27/h6-16H,1-5H3,(H,30,37)(H2,33,34,38). The van der Waals surface area contributed by atoms with Gasteiger partial charge < -0.3 is 24.5 Å². The lowest BCUT2D eigenvalue weighted by atomic mass is 9.92. The Bertz CT molecular complexity index is 1790. The van der Waals surface area contributed by atoms with Gasteiger partial charge in [-0.05, 0) is 24.3 Å². The maximum atomic E-state index is 13.0. The van der Waals surface area contributed by atoms with Crippen LogP contribution in [0.3, 0.4) is 0 Å². The molecule has 0 saturated carbocycles. The van der Waals surface area contributed by atoms with Crippen molar-refractivity contribution < 1.29 is 19.0 Å². The highest BCUT2D eigenvalue weighted by Crippen LogP contribution is 2.36. The van der Waals surface area contributed by atoms with Crippen LogP contribution < -0.4 is 30.4 Å². The Balaban J connectivity index is 1.37. The second-order valence-corrected chi connectivity index (χ2v) is 10.1. The molecule has 3 aromatic heterocycles. The van der Waals surface area contributed by atoms with Crippen molar-refractivity contribution in [2.75, 3.05) is 24.9 Å². The highest BCUT2D eigenvalue weighted by molar-refractivity contribution is 5.99. The number of methoxy groups -OCH3 is 2. The zero-order valence-corrected chi connectivity index (χ0v) is 23.2. The maximum absolute atomic E-state index is 13.0. The molecule has 0 aliphatic heterocycles. The summed E-state index contributed by atoms with van der Waals surface area (Å²) in [5.41, 5.74) is 1.79. The minimum Gasteiger partial charge on any atom is -0.493 e. The molecule has 5 aromatic rings.